The molecular formula is C16H28N4O6. The number of carbonyl (C=O) groups is 4. The molecule has 10 nitrogen and oxygen atoms in total. The first-order chi connectivity index (χ1) is 12.1. The van der Waals surface area contributed by atoms with Gasteiger partial charge in [0.25, 0.3) is 0 Å². The lowest BCUT2D eigenvalue weighted by molar-refractivity contribution is -0.144. The Hall–Kier alpha value is -2.20. The molecule has 1 aliphatic heterocycles. The van der Waals surface area contributed by atoms with E-state index in [1.807, 2.05) is 13.8 Å². The lowest BCUT2D eigenvalue weighted by Gasteiger charge is -2.29. The number of nitrogens with zero attached hydrogens (tertiary/aromatic N) is 1. The number of hydrogen-bond acceptors (Lipinski definition) is 6. The number of aliphatic hydroxyl groups is 1. The van der Waals surface area contributed by atoms with E-state index in [2.05, 4.69) is 10.6 Å². The summed E-state index contributed by atoms with van der Waals surface area (Å²) in [6.45, 7) is 4.69. The summed E-state index contributed by atoms with van der Waals surface area (Å²) in [4.78, 5) is 49.1. The fourth-order valence-electron chi connectivity index (χ4n) is 2.64. The molecule has 0 spiro atoms. The molecule has 0 aromatic carbocycles. The number of nitrogens with one attached hydrogen (secondary N) is 2. The summed E-state index contributed by atoms with van der Waals surface area (Å²) in [5.41, 5.74) is 5.88. The molecule has 0 aromatic rings. The fraction of sp³-hybridized carbons (Fsp3) is 0.750. The number of carbonyl (C=O) groups excluding carboxylic acids is 3. The molecule has 148 valence electrons. The number of nitrogens with two attached hydrogens (primary N) is 1. The highest BCUT2D eigenvalue weighted by atomic mass is 16.4. The van der Waals surface area contributed by atoms with Crippen LogP contribution in [0.4, 0.5) is 0 Å². The van der Waals surface area contributed by atoms with Crippen molar-refractivity contribution < 1.29 is 29.4 Å². The predicted molar refractivity (Wildman–Crippen MR) is 91.8 cm³/mol. The standard InChI is InChI=1S/C16H28N4O6/c1-8(2)12(17)15(24)20-6-4-5-11(20)14(23)18-9(3)13(22)19-10(7-21)16(25)26/h8-12,21H,4-7,17H2,1-3H3,(H,18,23)(H,19,22)(H,25,26). The molecule has 0 bridgehead atoms. The van der Waals surface area contributed by atoms with E-state index in [1.54, 1.807) is 0 Å². The molecular weight excluding hydrogens is 344 g/mol. The normalized spacial score (nSPS) is 20.4. The maximum absolute atomic E-state index is 12.5. The van der Waals surface area contributed by atoms with Crippen LogP contribution in [-0.4, -0.2) is 76.1 Å². The molecule has 26 heavy (non-hydrogen) atoms. The number of aliphatic carboxylic acids is 1. The van der Waals surface area contributed by atoms with E-state index in [0.717, 1.165) is 0 Å². The van der Waals surface area contributed by atoms with Gasteiger partial charge in [-0.15, -0.1) is 0 Å². The summed E-state index contributed by atoms with van der Waals surface area (Å²) < 4.78 is 0. The average molecular weight is 372 g/mol. The van der Waals surface area contributed by atoms with Crippen molar-refractivity contribution in [1.29, 1.82) is 0 Å². The molecule has 0 saturated carbocycles. The predicted octanol–water partition coefficient (Wildman–Crippen LogP) is -1.97. The Kier molecular flexibility index (Phi) is 7.97. The Morgan fingerprint density at radius 1 is 1.19 bits per heavy atom. The zero-order chi connectivity index (χ0) is 20.0. The molecule has 0 aliphatic carbocycles. The molecule has 6 N–H and O–H groups in total. The van der Waals surface area contributed by atoms with Crippen LogP contribution < -0.4 is 16.4 Å². The van der Waals surface area contributed by atoms with E-state index < -0.39 is 48.6 Å². The van der Waals surface area contributed by atoms with Gasteiger partial charge in [-0.3, -0.25) is 14.4 Å². The molecule has 1 rings (SSSR count). The number of carboxylic acid groups (broad SMARTS) is 1. The van der Waals surface area contributed by atoms with Gasteiger partial charge in [0.2, 0.25) is 17.7 Å². The van der Waals surface area contributed by atoms with Gasteiger partial charge < -0.3 is 31.5 Å². The maximum Gasteiger partial charge on any atom is 0.328 e. The van der Waals surface area contributed by atoms with E-state index in [1.165, 1.54) is 11.8 Å². The van der Waals surface area contributed by atoms with Gasteiger partial charge >= 0.3 is 5.97 Å². The van der Waals surface area contributed by atoms with Crippen molar-refractivity contribution >= 4 is 23.7 Å². The van der Waals surface area contributed by atoms with Gasteiger partial charge in [-0.2, -0.15) is 0 Å². The van der Waals surface area contributed by atoms with Gasteiger partial charge in [-0.1, -0.05) is 13.8 Å². The largest absolute Gasteiger partial charge is 0.480 e. The first kappa shape index (κ1) is 21.8. The van der Waals surface area contributed by atoms with Gasteiger partial charge in [0.1, 0.15) is 18.1 Å². The van der Waals surface area contributed by atoms with E-state index in [9.17, 15) is 19.2 Å². The summed E-state index contributed by atoms with van der Waals surface area (Å²) in [6.07, 6.45) is 1.12. The highest BCUT2D eigenvalue weighted by Gasteiger charge is 2.37. The fourth-order valence-corrected chi connectivity index (χ4v) is 2.64. The SMILES string of the molecule is CC(NC(=O)C1CCCN1C(=O)C(N)C(C)C)C(=O)NC(CO)C(=O)O. The smallest absolute Gasteiger partial charge is 0.328 e. The van der Waals surface area contributed by atoms with Crippen LogP contribution in [0.3, 0.4) is 0 Å². The van der Waals surface area contributed by atoms with Crippen molar-refractivity contribution in [2.24, 2.45) is 11.7 Å². The van der Waals surface area contributed by atoms with Crippen molar-refractivity contribution in [3.8, 4) is 0 Å². The average Bonchev–Trinajstić information content (AvgIpc) is 3.07. The molecule has 4 atom stereocenters. The van der Waals surface area contributed by atoms with Gasteiger partial charge in [0, 0.05) is 6.54 Å². The summed E-state index contributed by atoms with van der Waals surface area (Å²) in [5, 5.41) is 22.4. The molecule has 1 heterocycles. The van der Waals surface area contributed by atoms with Crippen LogP contribution in [-0.2, 0) is 19.2 Å². The first-order valence-corrected chi connectivity index (χ1v) is 8.60. The number of rotatable bonds is 8. The maximum atomic E-state index is 12.5. The van der Waals surface area contributed by atoms with Crippen molar-refractivity contribution in [1.82, 2.24) is 15.5 Å². The molecule has 1 aliphatic rings. The Labute approximate surface area is 152 Å². The Balaban J connectivity index is 2.69. The number of hydrogen-bond donors (Lipinski definition) is 5. The highest BCUT2D eigenvalue weighted by molar-refractivity contribution is 5.94. The number of likely N-dealkylation sites (tertiary alicyclic amines) is 1. The van der Waals surface area contributed by atoms with E-state index in [4.69, 9.17) is 15.9 Å². The van der Waals surface area contributed by atoms with E-state index in [-0.39, 0.29) is 11.8 Å². The summed E-state index contributed by atoms with van der Waals surface area (Å²) in [5.74, 6) is -2.99. The van der Waals surface area contributed by atoms with Crippen LogP contribution in [0.2, 0.25) is 0 Å². The lowest BCUT2D eigenvalue weighted by atomic mass is 10.0. The van der Waals surface area contributed by atoms with Crippen LogP contribution in [0.15, 0.2) is 0 Å². The summed E-state index contributed by atoms with van der Waals surface area (Å²) in [7, 11) is 0. The van der Waals surface area contributed by atoms with E-state index >= 15 is 0 Å². The molecule has 1 fully saturated rings. The molecule has 0 radical (unpaired) electrons. The molecule has 3 amide bonds. The van der Waals surface area contributed by atoms with Crippen LogP contribution in [0, 0.1) is 5.92 Å². The zero-order valence-corrected chi connectivity index (χ0v) is 15.3. The second-order valence-corrected chi connectivity index (χ2v) is 6.77. The summed E-state index contributed by atoms with van der Waals surface area (Å²) >= 11 is 0. The van der Waals surface area contributed by atoms with Crippen molar-refractivity contribution in [2.75, 3.05) is 13.2 Å². The number of aliphatic hydroxyl groups excluding tert-OH is 1. The zero-order valence-electron chi connectivity index (χ0n) is 15.3. The summed E-state index contributed by atoms with van der Waals surface area (Å²) in [6, 6.07) is -3.89. The van der Waals surface area contributed by atoms with Crippen molar-refractivity contribution in [2.45, 2.75) is 57.8 Å². The van der Waals surface area contributed by atoms with Crippen molar-refractivity contribution in [3.05, 3.63) is 0 Å². The van der Waals surface area contributed by atoms with Crippen LogP contribution in [0.5, 0.6) is 0 Å². The first-order valence-electron chi connectivity index (χ1n) is 8.60. The minimum atomic E-state index is -1.45. The third kappa shape index (κ3) is 5.40. The second kappa shape index (κ2) is 9.48. The van der Waals surface area contributed by atoms with Crippen LogP contribution in [0.1, 0.15) is 33.6 Å². The van der Waals surface area contributed by atoms with Crippen LogP contribution in [0.25, 0.3) is 0 Å². The van der Waals surface area contributed by atoms with Gasteiger partial charge in [-0.05, 0) is 25.7 Å². The van der Waals surface area contributed by atoms with Crippen molar-refractivity contribution in [3.63, 3.8) is 0 Å². The molecule has 4 unspecified atom stereocenters. The van der Waals surface area contributed by atoms with Gasteiger partial charge in [-0.25, -0.2) is 4.79 Å². The Morgan fingerprint density at radius 3 is 2.31 bits per heavy atom. The third-order valence-electron chi connectivity index (χ3n) is 4.39. The minimum Gasteiger partial charge on any atom is -0.480 e. The Morgan fingerprint density at radius 2 is 1.81 bits per heavy atom. The molecule has 0 aromatic heterocycles. The highest BCUT2D eigenvalue weighted by Crippen LogP contribution is 2.19. The van der Waals surface area contributed by atoms with E-state index in [0.29, 0.717) is 19.4 Å². The Bertz CT molecular complexity index is 553. The second-order valence-electron chi connectivity index (χ2n) is 6.77. The number of amides is 3. The molecule has 1 saturated heterocycles. The third-order valence-corrected chi connectivity index (χ3v) is 4.39. The number of carboxylic acids is 1. The van der Waals surface area contributed by atoms with Gasteiger partial charge in [0.05, 0.1) is 12.6 Å². The quantitative estimate of drug-likeness (QED) is 0.330. The topological polar surface area (TPSA) is 162 Å². The molecule has 10 heteroatoms. The van der Waals surface area contributed by atoms with Crippen LogP contribution >= 0.6 is 0 Å². The van der Waals surface area contributed by atoms with Gasteiger partial charge in [0.15, 0.2) is 0 Å². The minimum absolute atomic E-state index is 0.0667. The lowest BCUT2D eigenvalue weighted by Crippen LogP contribution is -2.56. The monoisotopic (exact) mass is 372 g/mol.